The van der Waals surface area contributed by atoms with Crippen molar-refractivity contribution in [2.24, 2.45) is 0 Å². The first-order valence-electron chi connectivity index (χ1n) is 4.60. The molecule has 1 aromatic heterocycles. The van der Waals surface area contributed by atoms with Gasteiger partial charge in [0.05, 0.1) is 24.5 Å². The van der Waals surface area contributed by atoms with Gasteiger partial charge in [0.2, 0.25) is 0 Å². The minimum Gasteiger partial charge on any atom is -0.465 e. The maximum atomic E-state index is 10.8. The van der Waals surface area contributed by atoms with Crippen LogP contribution < -0.4 is 0 Å². The lowest BCUT2D eigenvalue weighted by atomic mass is 10.2. The van der Waals surface area contributed by atoms with Crippen molar-refractivity contribution in [3.63, 3.8) is 0 Å². The van der Waals surface area contributed by atoms with Crippen molar-refractivity contribution in [1.82, 2.24) is 14.7 Å². The molecule has 0 unspecified atom stereocenters. The largest absolute Gasteiger partial charge is 0.465 e. The number of nitrogens with zero attached hydrogens (tertiary/aromatic N) is 3. The SMILES string of the molecule is Cc1nn2c(c1C)CN(C(=O)O)CC2. The van der Waals surface area contributed by atoms with E-state index in [1.165, 1.54) is 4.90 Å². The molecule has 0 bridgehead atoms. The molecule has 1 aliphatic heterocycles. The summed E-state index contributed by atoms with van der Waals surface area (Å²) in [5.41, 5.74) is 3.12. The fourth-order valence-corrected chi connectivity index (χ4v) is 1.74. The number of amides is 1. The van der Waals surface area contributed by atoms with E-state index in [-0.39, 0.29) is 0 Å². The van der Waals surface area contributed by atoms with Gasteiger partial charge >= 0.3 is 6.09 Å². The summed E-state index contributed by atoms with van der Waals surface area (Å²) in [6.45, 7) is 5.59. The van der Waals surface area contributed by atoms with Crippen LogP contribution in [0.3, 0.4) is 0 Å². The van der Waals surface area contributed by atoms with Crippen molar-refractivity contribution in [2.75, 3.05) is 6.54 Å². The Morgan fingerprint density at radius 2 is 2.14 bits per heavy atom. The fourth-order valence-electron chi connectivity index (χ4n) is 1.74. The highest BCUT2D eigenvalue weighted by Gasteiger charge is 2.23. The van der Waals surface area contributed by atoms with E-state index < -0.39 is 6.09 Å². The summed E-state index contributed by atoms with van der Waals surface area (Å²) < 4.78 is 1.91. The third-order valence-electron chi connectivity index (χ3n) is 2.75. The maximum absolute atomic E-state index is 10.8. The van der Waals surface area contributed by atoms with E-state index in [2.05, 4.69) is 5.10 Å². The average molecular weight is 195 g/mol. The molecule has 1 N–H and O–H groups in total. The van der Waals surface area contributed by atoms with Crippen LogP contribution in [0.15, 0.2) is 0 Å². The number of fused-ring (bicyclic) bond motifs is 1. The van der Waals surface area contributed by atoms with Crippen LogP contribution in [0.1, 0.15) is 17.0 Å². The van der Waals surface area contributed by atoms with Crippen LogP contribution in [0.5, 0.6) is 0 Å². The van der Waals surface area contributed by atoms with Gasteiger partial charge in [-0.15, -0.1) is 0 Å². The molecule has 0 saturated heterocycles. The van der Waals surface area contributed by atoms with Crippen molar-refractivity contribution < 1.29 is 9.90 Å². The van der Waals surface area contributed by atoms with Gasteiger partial charge < -0.3 is 10.0 Å². The van der Waals surface area contributed by atoms with Crippen molar-refractivity contribution in [2.45, 2.75) is 26.9 Å². The second-order valence-corrected chi connectivity index (χ2v) is 3.58. The Kier molecular flexibility index (Phi) is 1.94. The third-order valence-corrected chi connectivity index (χ3v) is 2.75. The lowest BCUT2D eigenvalue weighted by Gasteiger charge is -2.25. The third kappa shape index (κ3) is 1.25. The number of hydrogen-bond acceptors (Lipinski definition) is 2. The minimum absolute atomic E-state index is 0.460. The van der Waals surface area contributed by atoms with Crippen LogP contribution in [-0.2, 0) is 13.1 Å². The number of aryl methyl sites for hydroxylation is 1. The molecule has 5 heteroatoms. The average Bonchev–Trinajstić information content (AvgIpc) is 2.43. The summed E-state index contributed by atoms with van der Waals surface area (Å²) in [6.07, 6.45) is -0.852. The zero-order valence-electron chi connectivity index (χ0n) is 8.32. The molecule has 1 aromatic rings. The molecule has 0 saturated carbocycles. The fraction of sp³-hybridized carbons (Fsp3) is 0.556. The zero-order valence-corrected chi connectivity index (χ0v) is 8.32. The predicted octanol–water partition coefficient (Wildman–Crippen LogP) is 0.994. The van der Waals surface area contributed by atoms with Gasteiger partial charge in [-0.3, -0.25) is 4.68 Å². The first kappa shape index (κ1) is 9.05. The molecular formula is C9H13N3O2. The minimum atomic E-state index is -0.852. The monoisotopic (exact) mass is 195 g/mol. The zero-order chi connectivity index (χ0) is 10.3. The van der Waals surface area contributed by atoms with Gasteiger partial charge in [0, 0.05) is 6.54 Å². The van der Waals surface area contributed by atoms with Gasteiger partial charge in [0.25, 0.3) is 0 Å². The number of carboxylic acid groups (broad SMARTS) is 1. The number of rotatable bonds is 0. The molecule has 0 aromatic carbocycles. The van der Waals surface area contributed by atoms with E-state index in [0.717, 1.165) is 17.0 Å². The standard InChI is InChI=1S/C9H13N3O2/c1-6-7(2)10-12-4-3-11(9(13)14)5-8(6)12/h3-5H2,1-2H3,(H,13,14). The summed E-state index contributed by atoms with van der Waals surface area (Å²) >= 11 is 0. The molecule has 0 aliphatic carbocycles. The van der Waals surface area contributed by atoms with Crippen molar-refractivity contribution in [3.05, 3.63) is 17.0 Å². The predicted molar refractivity (Wildman–Crippen MR) is 50.1 cm³/mol. The molecule has 2 heterocycles. The van der Waals surface area contributed by atoms with E-state index in [1.807, 2.05) is 18.5 Å². The van der Waals surface area contributed by atoms with Crippen molar-refractivity contribution >= 4 is 6.09 Å². The van der Waals surface area contributed by atoms with Crippen LogP contribution >= 0.6 is 0 Å². The van der Waals surface area contributed by atoms with Crippen molar-refractivity contribution in [3.8, 4) is 0 Å². The van der Waals surface area contributed by atoms with Crippen LogP contribution in [0.2, 0.25) is 0 Å². The lowest BCUT2D eigenvalue weighted by Crippen LogP contribution is -2.37. The Bertz CT molecular complexity index is 384. The van der Waals surface area contributed by atoms with Gasteiger partial charge in [0.15, 0.2) is 0 Å². The molecular weight excluding hydrogens is 182 g/mol. The van der Waals surface area contributed by atoms with Crippen LogP contribution in [0, 0.1) is 13.8 Å². The van der Waals surface area contributed by atoms with E-state index >= 15 is 0 Å². The summed E-state index contributed by atoms with van der Waals surface area (Å²) in [6, 6.07) is 0. The highest BCUT2D eigenvalue weighted by Crippen LogP contribution is 2.18. The van der Waals surface area contributed by atoms with E-state index in [9.17, 15) is 4.79 Å². The van der Waals surface area contributed by atoms with Gasteiger partial charge in [0.1, 0.15) is 0 Å². The molecule has 1 aliphatic rings. The smallest absolute Gasteiger partial charge is 0.407 e. The summed E-state index contributed by atoms with van der Waals surface area (Å²) in [5.74, 6) is 0. The van der Waals surface area contributed by atoms with E-state index in [1.54, 1.807) is 0 Å². The number of hydrogen-bond donors (Lipinski definition) is 1. The molecule has 76 valence electrons. The highest BCUT2D eigenvalue weighted by molar-refractivity contribution is 5.65. The molecule has 0 radical (unpaired) electrons. The molecule has 2 rings (SSSR count). The quantitative estimate of drug-likeness (QED) is 0.671. The Morgan fingerprint density at radius 3 is 2.79 bits per heavy atom. The highest BCUT2D eigenvalue weighted by atomic mass is 16.4. The maximum Gasteiger partial charge on any atom is 0.407 e. The van der Waals surface area contributed by atoms with Crippen LogP contribution in [0.25, 0.3) is 0 Å². The van der Waals surface area contributed by atoms with Gasteiger partial charge in [-0.25, -0.2) is 4.79 Å². The first-order valence-corrected chi connectivity index (χ1v) is 4.60. The van der Waals surface area contributed by atoms with Gasteiger partial charge in [-0.1, -0.05) is 0 Å². The Morgan fingerprint density at radius 1 is 1.43 bits per heavy atom. The van der Waals surface area contributed by atoms with Crippen LogP contribution in [0.4, 0.5) is 4.79 Å². The van der Waals surface area contributed by atoms with E-state index in [0.29, 0.717) is 19.6 Å². The second-order valence-electron chi connectivity index (χ2n) is 3.58. The molecule has 0 spiro atoms. The Labute approximate surface area is 81.9 Å². The second kappa shape index (κ2) is 3.01. The summed E-state index contributed by atoms with van der Waals surface area (Å²) in [4.78, 5) is 12.2. The number of aromatic nitrogens is 2. The van der Waals surface area contributed by atoms with E-state index in [4.69, 9.17) is 5.11 Å². The normalized spacial score (nSPS) is 15.4. The molecule has 0 fully saturated rings. The van der Waals surface area contributed by atoms with Gasteiger partial charge in [-0.2, -0.15) is 5.10 Å². The summed E-state index contributed by atoms with van der Waals surface area (Å²) in [5, 5.41) is 13.2. The lowest BCUT2D eigenvalue weighted by molar-refractivity contribution is 0.131. The first-order chi connectivity index (χ1) is 6.59. The molecule has 1 amide bonds. The topological polar surface area (TPSA) is 58.4 Å². The molecule has 14 heavy (non-hydrogen) atoms. The molecule has 0 atom stereocenters. The molecule has 5 nitrogen and oxygen atoms in total. The van der Waals surface area contributed by atoms with Crippen LogP contribution in [-0.4, -0.2) is 32.4 Å². The van der Waals surface area contributed by atoms with Gasteiger partial charge in [-0.05, 0) is 19.4 Å². The Balaban J connectivity index is 2.33. The summed E-state index contributed by atoms with van der Waals surface area (Å²) in [7, 11) is 0. The Hall–Kier alpha value is -1.52. The van der Waals surface area contributed by atoms with Crippen molar-refractivity contribution in [1.29, 1.82) is 0 Å². The number of carbonyl (C=O) groups is 1.